The van der Waals surface area contributed by atoms with Gasteiger partial charge in [0.05, 0.1) is 0 Å². The molecule has 1 fully saturated rings. The predicted octanol–water partition coefficient (Wildman–Crippen LogP) is 0.663. The van der Waals surface area contributed by atoms with Crippen LogP contribution in [0.5, 0.6) is 0 Å². The summed E-state index contributed by atoms with van der Waals surface area (Å²) >= 11 is 0. The smallest absolute Gasteiger partial charge is 0.324 e. The second-order valence-electron chi connectivity index (χ2n) is 4.40. The lowest BCUT2D eigenvalue weighted by Crippen LogP contribution is -2.54. The number of nitrogens with zero attached hydrogens (tertiary/aromatic N) is 1. The summed E-state index contributed by atoms with van der Waals surface area (Å²) in [5.74, 6) is -0.917. The van der Waals surface area contributed by atoms with Gasteiger partial charge in [-0.05, 0) is 32.7 Å². The third-order valence-electron chi connectivity index (χ3n) is 2.99. The monoisotopic (exact) mass is 200 g/mol. The minimum atomic E-state index is -1.11. The minimum Gasteiger partial charge on any atom is -0.480 e. The molecule has 0 aromatic rings. The van der Waals surface area contributed by atoms with Crippen LogP contribution in [-0.2, 0) is 4.79 Å². The van der Waals surface area contributed by atoms with Crippen molar-refractivity contribution in [1.82, 2.24) is 4.90 Å². The van der Waals surface area contributed by atoms with Crippen LogP contribution in [0, 0.1) is 0 Å². The molecule has 1 saturated heterocycles. The van der Waals surface area contributed by atoms with E-state index in [0.717, 1.165) is 19.4 Å². The van der Waals surface area contributed by atoms with Crippen LogP contribution in [0.2, 0.25) is 0 Å². The van der Waals surface area contributed by atoms with Crippen LogP contribution in [0.3, 0.4) is 0 Å². The number of nitrogens with two attached hydrogens (primary N) is 1. The second kappa shape index (κ2) is 4.28. The largest absolute Gasteiger partial charge is 0.480 e. The van der Waals surface area contributed by atoms with Gasteiger partial charge >= 0.3 is 5.97 Å². The van der Waals surface area contributed by atoms with Gasteiger partial charge in [-0.25, -0.2) is 0 Å². The summed E-state index contributed by atoms with van der Waals surface area (Å²) in [6, 6.07) is 0.525. The van der Waals surface area contributed by atoms with Crippen LogP contribution in [0.25, 0.3) is 0 Å². The number of hydrogen-bond donors (Lipinski definition) is 2. The molecule has 1 heterocycles. The van der Waals surface area contributed by atoms with E-state index in [-0.39, 0.29) is 0 Å². The molecule has 0 aromatic heterocycles. The zero-order valence-corrected chi connectivity index (χ0v) is 8.99. The average Bonchev–Trinajstić information content (AvgIpc) is 2.50. The van der Waals surface area contributed by atoms with Gasteiger partial charge in [0.25, 0.3) is 0 Å². The van der Waals surface area contributed by atoms with Crippen molar-refractivity contribution in [2.75, 3.05) is 13.1 Å². The van der Waals surface area contributed by atoms with Gasteiger partial charge in [0.15, 0.2) is 0 Å². The lowest BCUT2D eigenvalue weighted by Gasteiger charge is -2.30. The number of hydrogen-bond acceptors (Lipinski definition) is 3. The molecular formula is C10H20N2O2. The predicted molar refractivity (Wildman–Crippen MR) is 55.1 cm³/mol. The van der Waals surface area contributed by atoms with Gasteiger partial charge in [-0.3, -0.25) is 9.69 Å². The summed E-state index contributed by atoms with van der Waals surface area (Å²) in [5, 5.41) is 8.91. The summed E-state index contributed by atoms with van der Waals surface area (Å²) < 4.78 is 0. The summed E-state index contributed by atoms with van der Waals surface area (Å²) in [6.07, 6.45) is 3.41. The summed E-state index contributed by atoms with van der Waals surface area (Å²) in [7, 11) is 0. The van der Waals surface area contributed by atoms with Crippen molar-refractivity contribution in [3.05, 3.63) is 0 Å². The number of carbonyl (C=O) groups is 1. The Bertz CT molecular complexity index is 216. The molecule has 82 valence electrons. The number of likely N-dealkylation sites (tertiary alicyclic amines) is 1. The fraction of sp³-hybridized carbons (Fsp3) is 0.900. The van der Waals surface area contributed by atoms with Crippen LogP contribution < -0.4 is 5.73 Å². The molecule has 0 saturated carbocycles. The van der Waals surface area contributed by atoms with Gasteiger partial charge in [-0.2, -0.15) is 0 Å². The Morgan fingerprint density at radius 3 is 2.86 bits per heavy atom. The zero-order valence-electron chi connectivity index (χ0n) is 8.99. The van der Waals surface area contributed by atoms with Crippen molar-refractivity contribution in [1.29, 1.82) is 0 Å². The Labute approximate surface area is 85.1 Å². The van der Waals surface area contributed by atoms with Crippen molar-refractivity contribution in [2.45, 2.75) is 44.7 Å². The molecule has 0 bridgehead atoms. The quantitative estimate of drug-likeness (QED) is 0.699. The SMILES string of the molecule is CCC1CCCN1CC(C)(N)C(=O)O. The lowest BCUT2D eigenvalue weighted by molar-refractivity contribution is -0.143. The first-order valence-electron chi connectivity index (χ1n) is 5.23. The molecule has 1 rings (SSSR count). The van der Waals surface area contributed by atoms with E-state index in [0.29, 0.717) is 12.6 Å². The van der Waals surface area contributed by atoms with Crippen LogP contribution in [-0.4, -0.2) is 40.6 Å². The Kier molecular flexibility index (Phi) is 3.50. The normalized spacial score (nSPS) is 27.5. The highest BCUT2D eigenvalue weighted by Gasteiger charge is 2.34. The highest BCUT2D eigenvalue weighted by molar-refractivity contribution is 5.78. The zero-order chi connectivity index (χ0) is 10.8. The maximum atomic E-state index is 10.9. The second-order valence-corrected chi connectivity index (χ2v) is 4.40. The fourth-order valence-corrected chi connectivity index (χ4v) is 2.06. The van der Waals surface area contributed by atoms with Crippen molar-refractivity contribution in [2.24, 2.45) is 5.73 Å². The lowest BCUT2D eigenvalue weighted by atomic mass is 10.0. The summed E-state index contributed by atoms with van der Waals surface area (Å²) in [4.78, 5) is 13.1. The van der Waals surface area contributed by atoms with E-state index in [1.54, 1.807) is 6.92 Å². The highest BCUT2D eigenvalue weighted by Crippen LogP contribution is 2.21. The first-order valence-corrected chi connectivity index (χ1v) is 5.23. The molecule has 4 nitrogen and oxygen atoms in total. The molecule has 0 radical (unpaired) electrons. The van der Waals surface area contributed by atoms with E-state index < -0.39 is 11.5 Å². The van der Waals surface area contributed by atoms with Crippen LogP contribution in [0.1, 0.15) is 33.1 Å². The Balaban J connectivity index is 2.54. The minimum absolute atomic E-state index is 0.459. The number of rotatable bonds is 4. The number of carboxylic acid groups (broad SMARTS) is 1. The molecular weight excluding hydrogens is 180 g/mol. The van der Waals surface area contributed by atoms with Gasteiger partial charge in [0.1, 0.15) is 5.54 Å². The van der Waals surface area contributed by atoms with E-state index >= 15 is 0 Å². The molecule has 0 aliphatic carbocycles. The molecule has 1 aliphatic heterocycles. The van der Waals surface area contributed by atoms with Gasteiger partial charge in [0.2, 0.25) is 0 Å². The molecule has 4 heteroatoms. The van der Waals surface area contributed by atoms with E-state index in [1.807, 2.05) is 0 Å². The van der Waals surface area contributed by atoms with Gasteiger partial charge in [-0.1, -0.05) is 6.92 Å². The molecule has 0 aromatic carbocycles. The van der Waals surface area contributed by atoms with Crippen LogP contribution >= 0.6 is 0 Å². The van der Waals surface area contributed by atoms with Crippen molar-refractivity contribution in [3.63, 3.8) is 0 Å². The van der Waals surface area contributed by atoms with Gasteiger partial charge in [0, 0.05) is 12.6 Å². The van der Waals surface area contributed by atoms with Crippen molar-refractivity contribution in [3.8, 4) is 0 Å². The molecule has 0 spiro atoms. The third kappa shape index (κ3) is 2.45. The van der Waals surface area contributed by atoms with Crippen LogP contribution in [0.15, 0.2) is 0 Å². The molecule has 0 amide bonds. The Hall–Kier alpha value is -0.610. The standard InChI is InChI=1S/C10H20N2O2/c1-3-8-5-4-6-12(8)7-10(2,11)9(13)14/h8H,3-7,11H2,1-2H3,(H,13,14). The first kappa shape index (κ1) is 11.5. The molecule has 3 N–H and O–H groups in total. The Morgan fingerprint density at radius 2 is 2.36 bits per heavy atom. The fourth-order valence-electron chi connectivity index (χ4n) is 2.06. The number of carboxylic acids is 1. The summed E-state index contributed by atoms with van der Waals surface area (Å²) in [5.41, 5.74) is 4.60. The number of aliphatic carboxylic acids is 1. The van der Waals surface area contributed by atoms with Crippen molar-refractivity contribution >= 4 is 5.97 Å². The topological polar surface area (TPSA) is 66.6 Å². The average molecular weight is 200 g/mol. The van der Waals surface area contributed by atoms with E-state index in [2.05, 4.69) is 11.8 Å². The van der Waals surface area contributed by atoms with E-state index in [4.69, 9.17) is 10.8 Å². The molecule has 14 heavy (non-hydrogen) atoms. The molecule has 1 aliphatic rings. The highest BCUT2D eigenvalue weighted by atomic mass is 16.4. The van der Waals surface area contributed by atoms with E-state index in [9.17, 15) is 4.79 Å². The maximum absolute atomic E-state index is 10.9. The molecule has 2 unspecified atom stereocenters. The molecule has 2 atom stereocenters. The third-order valence-corrected chi connectivity index (χ3v) is 2.99. The Morgan fingerprint density at radius 1 is 1.71 bits per heavy atom. The van der Waals surface area contributed by atoms with E-state index in [1.165, 1.54) is 6.42 Å². The van der Waals surface area contributed by atoms with Crippen molar-refractivity contribution < 1.29 is 9.90 Å². The summed E-state index contributed by atoms with van der Waals surface area (Å²) in [6.45, 7) is 5.16. The van der Waals surface area contributed by atoms with Crippen LogP contribution in [0.4, 0.5) is 0 Å². The van der Waals surface area contributed by atoms with Gasteiger partial charge in [-0.15, -0.1) is 0 Å². The first-order chi connectivity index (χ1) is 6.47. The van der Waals surface area contributed by atoms with Gasteiger partial charge < -0.3 is 10.8 Å². The maximum Gasteiger partial charge on any atom is 0.324 e.